The van der Waals surface area contributed by atoms with Crippen molar-refractivity contribution >= 4 is 29.1 Å². The van der Waals surface area contributed by atoms with E-state index >= 15 is 0 Å². The van der Waals surface area contributed by atoms with Gasteiger partial charge in [-0.2, -0.15) is 0 Å². The zero-order valence-corrected chi connectivity index (χ0v) is 16.1. The lowest BCUT2D eigenvalue weighted by atomic mass is 10.2. The highest BCUT2D eigenvalue weighted by atomic mass is 35.5. The monoisotopic (exact) mass is 394 g/mol. The van der Waals surface area contributed by atoms with Crippen molar-refractivity contribution in [3.8, 4) is 11.4 Å². The molecule has 2 heterocycles. The number of ether oxygens (including phenoxy) is 1. The summed E-state index contributed by atoms with van der Waals surface area (Å²) in [4.78, 5) is 22.1. The van der Waals surface area contributed by atoms with E-state index in [0.717, 1.165) is 11.4 Å². The number of hydrogen-bond acceptors (Lipinski definition) is 5. The number of benzene rings is 2. The van der Waals surface area contributed by atoms with Crippen molar-refractivity contribution in [2.75, 3.05) is 18.5 Å². The number of anilines is 1. The third-order valence-electron chi connectivity index (χ3n) is 4.40. The largest absolute Gasteiger partial charge is 0.462 e. The van der Waals surface area contributed by atoms with Gasteiger partial charge in [0.25, 0.3) is 0 Å². The highest BCUT2D eigenvalue weighted by Crippen LogP contribution is 2.26. The molecule has 3 aromatic rings. The summed E-state index contributed by atoms with van der Waals surface area (Å²) in [6, 6.07) is 16.9. The summed E-state index contributed by atoms with van der Waals surface area (Å²) in [6.45, 7) is 3.47. The number of carbonyl (C=O) groups is 1. The summed E-state index contributed by atoms with van der Waals surface area (Å²) >= 11 is 5.97. The molecule has 2 aromatic carbocycles. The quantitative estimate of drug-likeness (QED) is 0.678. The molecule has 4 rings (SSSR count). The molecule has 0 bridgehead atoms. The molecular weight excluding hydrogens is 376 g/mol. The first-order valence-corrected chi connectivity index (χ1v) is 9.46. The molecule has 142 valence electrons. The topological polar surface area (TPSA) is 68.5 Å². The minimum Gasteiger partial charge on any atom is -0.462 e. The van der Waals surface area contributed by atoms with Crippen LogP contribution < -0.4 is 10.8 Å². The molecule has 0 aliphatic carbocycles. The first-order chi connectivity index (χ1) is 13.7. The molecule has 1 aliphatic heterocycles. The number of rotatable bonds is 4. The van der Waals surface area contributed by atoms with E-state index in [0.29, 0.717) is 40.7 Å². The van der Waals surface area contributed by atoms with Crippen molar-refractivity contribution < 1.29 is 9.53 Å². The average molecular weight is 395 g/mol. The lowest BCUT2D eigenvalue weighted by Gasteiger charge is -2.14. The average Bonchev–Trinajstić information content (AvgIpc) is 3.19. The molecule has 0 saturated carbocycles. The van der Waals surface area contributed by atoms with Crippen LogP contribution in [0.3, 0.4) is 0 Å². The van der Waals surface area contributed by atoms with Gasteiger partial charge >= 0.3 is 5.97 Å². The van der Waals surface area contributed by atoms with Crippen molar-refractivity contribution in [3.63, 3.8) is 0 Å². The van der Waals surface area contributed by atoms with Crippen LogP contribution in [0.2, 0.25) is 5.02 Å². The van der Waals surface area contributed by atoms with E-state index in [2.05, 4.69) is 10.3 Å². The molecule has 6 nitrogen and oxygen atoms in total. The second-order valence-electron chi connectivity index (χ2n) is 6.24. The number of esters is 1. The standard InChI is InChI=1S/C21H19ClN4O2/c1-2-28-21(27)17-18(24-16-10-8-15(22)9-11-16)25-19(14-6-4-3-5-7-14)26-13-12-23-20(17)26/h3-11,23H,2,12-13H2,1H3. The van der Waals surface area contributed by atoms with E-state index in [1.54, 1.807) is 31.2 Å². The second-order valence-corrected chi connectivity index (χ2v) is 6.67. The summed E-state index contributed by atoms with van der Waals surface area (Å²) in [7, 11) is 0. The molecule has 0 fully saturated rings. The fraction of sp³-hybridized carbons (Fsp3) is 0.190. The summed E-state index contributed by atoms with van der Waals surface area (Å²) < 4.78 is 7.29. The summed E-state index contributed by atoms with van der Waals surface area (Å²) in [5, 5.41) is 3.91. The molecule has 0 radical (unpaired) electrons. The Hall–Kier alpha value is -3.12. The van der Waals surface area contributed by atoms with Crippen molar-refractivity contribution in [1.82, 2.24) is 9.55 Å². The molecule has 0 amide bonds. The Morgan fingerprint density at radius 2 is 1.96 bits per heavy atom. The minimum absolute atomic E-state index is 0.277. The van der Waals surface area contributed by atoms with Crippen LogP contribution in [0.4, 0.5) is 11.5 Å². The predicted octanol–water partition coefficient (Wildman–Crippen LogP) is 4.04. The van der Waals surface area contributed by atoms with E-state index in [4.69, 9.17) is 21.3 Å². The number of halogens is 1. The van der Waals surface area contributed by atoms with E-state index in [9.17, 15) is 4.79 Å². The molecule has 7 heteroatoms. The van der Waals surface area contributed by atoms with Gasteiger partial charge in [-0.25, -0.2) is 14.8 Å². The minimum atomic E-state index is -0.444. The molecule has 0 spiro atoms. The fourth-order valence-corrected chi connectivity index (χ4v) is 3.29. The summed E-state index contributed by atoms with van der Waals surface area (Å²) in [6.07, 6.45) is 0. The van der Waals surface area contributed by atoms with Crippen LogP contribution in [0, 0.1) is 0 Å². The van der Waals surface area contributed by atoms with Crippen molar-refractivity contribution in [2.45, 2.75) is 13.5 Å². The van der Waals surface area contributed by atoms with Crippen LogP contribution in [-0.4, -0.2) is 28.7 Å². The number of hydrogen-bond donors (Lipinski definition) is 1. The van der Waals surface area contributed by atoms with E-state index in [1.165, 1.54) is 0 Å². The fourth-order valence-electron chi connectivity index (χ4n) is 3.17. The molecule has 1 aromatic heterocycles. The van der Waals surface area contributed by atoms with Gasteiger partial charge in [0, 0.05) is 23.7 Å². The highest BCUT2D eigenvalue weighted by Gasteiger charge is 2.26. The molecule has 28 heavy (non-hydrogen) atoms. The van der Waals surface area contributed by atoms with Crippen LogP contribution in [-0.2, 0) is 11.3 Å². The Bertz CT molecular complexity index is 1080. The van der Waals surface area contributed by atoms with Crippen LogP contribution >= 0.6 is 11.6 Å². The Kier molecular flexibility index (Phi) is 5.12. The normalized spacial score (nSPS) is 13.1. The molecule has 0 unspecified atom stereocenters. The molecular formula is C21H19ClN4O2. The highest BCUT2D eigenvalue weighted by molar-refractivity contribution is 6.30. The van der Waals surface area contributed by atoms with Crippen molar-refractivity contribution in [1.29, 1.82) is 0 Å². The zero-order chi connectivity index (χ0) is 19.5. The number of fused-ring (bicyclic) bond motifs is 1. The van der Waals surface area contributed by atoms with Crippen LogP contribution in [0.25, 0.3) is 11.4 Å². The van der Waals surface area contributed by atoms with Crippen LogP contribution in [0.1, 0.15) is 17.3 Å². The maximum Gasteiger partial charge on any atom is 0.345 e. The summed E-state index contributed by atoms with van der Waals surface area (Å²) in [5.74, 6) is 0.988. The number of nitrogens with zero attached hydrogens (tertiary/aromatic N) is 3. The smallest absolute Gasteiger partial charge is 0.345 e. The second kappa shape index (κ2) is 7.86. The van der Waals surface area contributed by atoms with Gasteiger partial charge < -0.3 is 14.6 Å². The third kappa shape index (κ3) is 3.51. The Morgan fingerprint density at radius 3 is 2.68 bits per heavy atom. The number of aromatic nitrogens is 2. The lowest BCUT2D eigenvalue weighted by Crippen LogP contribution is -2.26. The lowest BCUT2D eigenvalue weighted by molar-refractivity contribution is 0.0524. The van der Waals surface area contributed by atoms with Gasteiger partial charge in [0.1, 0.15) is 17.2 Å². The number of carbonyl (C=O) groups excluding carboxylic acids is 1. The number of nitrogens with one attached hydrogen (secondary N) is 1. The maximum atomic E-state index is 12.7. The first kappa shape index (κ1) is 18.3. The zero-order valence-electron chi connectivity index (χ0n) is 15.4. The Morgan fingerprint density at radius 1 is 1.21 bits per heavy atom. The van der Waals surface area contributed by atoms with Crippen LogP contribution in [0.15, 0.2) is 59.6 Å². The Labute approximate surface area is 167 Å². The van der Waals surface area contributed by atoms with Gasteiger partial charge in [0.05, 0.1) is 12.3 Å². The maximum absolute atomic E-state index is 12.7. The molecule has 1 aliphatic rings. The van der Waals surface area contributed by atoms with E-state index < -0.39 is 5.97 Å². The van der Waals surface area contributed by atoms with Crippen molar-refractivity contribution in [2.24, 2.45) is 4.99 Å². The van der Waals surface area contributed by atoms with Gasteiger partial charge in [0.15, 0.2) is 5.49 Å². The third-order valence-corrected chi connectivity index (χ3v) is 4.65. The summed E-state index contributed by atoms with van der Waals surface area (Å²) in [5.41, 5.74) is 2.27. The molecule has 0 atom stereocenters. The van der Waals surface area contributed by atoms with Gasteiger partial charge in [-0.15, -0.1) is 0 Å². The molecule has 1 N–H and O–H groups in total. The van der Waals surface area contributed by atoms with Crippen molar-refractivity contribution in [3.05, 3.63) is 70.7 Å². The van der Waals surface area contributed by atoms with Crippen LogP contribution in [0.5, 0.6) is 0 Å². The van der Waals surface area contributed by atoms with E-state index in [1.807, 2.05) is 34.9 Å². The first-order valence-electron chi connectivity index (χ1n) is 9.09. The molecule has 0 saturated heterocycles. The predicted molar refractivity (Wildman–Crippen MR) is 109 cm³/mol. The van der Waals surface area contributed by atoms with Gasteiger partial charge in [-0.05, 0) is 31.2 Å². The SMILES string of the molecule is CCOC(=O)c1c2n(c(-c3ccccc3)nc1=Nc1ccc(Cl)cc1)CCN2. The van der Waals surface area contributed by atoms with Gasteiger partial charge in [-0.1, -0.05) is 41.9 Å². The van der Waals surface area contributed by atoms with E-state index in [-0.39, 0.29) is 6.61 Å². The van der Waals surface area contributed by atoms with Gasteiger partial charge in [0.2, 0.25) is 0 Å². The Balaban J connectivity index is 1.99. The van der Waals surface area contributed by atoms with Gasteiger partial charge in [-0.3, -0.25) is 0 Å².